The number of aromatic nitrogens is 1. The van der Waals surface area contributed by atoms with E-state index < -0.39 is 0 Å². The van der Waals surface area contributed by atoms with E-state index in [1.807, 2.05) is 26.2 Å². The van der Waals surface area contributed by atoms with E-state index in [2.05, 4.69) is 15.2 Å². The van der Waals surface area contributed by atoms with Crippen molar-refractivity contribution >= 4 is 11.7 Å². The number of hydrogen-bond donors (Lipinski definition) is 1. The molecule has 1 aromatic rings. The molecule has 1 amide bonds. The first-order valence-electron chi connectivity index (χ1n) is 6.84. The number of hydrogen-bond acceptors (Lipinski definition) is 4. The van der Waals surface area contributed by atoms with E-state index in [1.54, 1.807) is 11.1 Å². The van der Waals surface area contributed by atoms with Gasteiger partial charge in [-0.15, -0.1) is 0 Å². The molecule has 19 heavy (non-hydrogen) atoms. The summed E-state index contributed by atoms with van der Waals surface area (Å²) < 4.78 is 0. The highest BCUT2D eigenvalue weighted by Gasteiger charge is 2.22. The van der Waals surface area contributed by atoms with Gasteiger partial charge in [0.15, 0.2) is 0 Å². The van der Waals surface area contributed by atoms with Gasteiger partial charge in [0.05, 0.1) is 5.56 Å². The molecule has 2 rings (SSSR count). The fourth-order valence-electron chi connectivity index (χ4n) is 2.33. The fourth-order valence-corrected chi connectivity index (χ4v) is 2.33. The van der Waals surface area contributed by atoms with Gasteiger partial charge in [0.25, 0.3) is 5.91 Å². The van der Waals surface area contributed by atoms with E-state index in [1.165, 1.54) is 12.8 Å². The molecule has 1 N–H and O–H groups in total. The first-order chi connectivity index (χ1) is 9.24. The molecule has 104 valence electrons. The third-order valence-corrected chi connectivity index (χ3v) is 3.47. The second-order valence-corrected chi connectivity index (χ2v) is 4.90. The number of rotatable bonds is 5. The second kappa shape index (κ2) is 6.52. The van der Waals surface area contributed by atoms with Crippen LogP contribution in [0.1, 0.15) is 23.2 Å². The number of carbonyl (C=O) groups excluding carboxylic acids is 1. The molecule has 0 radical (unpaired) electrons. The fraction of sp³-hybridized carbons (Fsp3) is 0.571. The number of pyridine rings is 1. The predicted octanol–water partition coefficient (Wildman–Crippen LogP) is 0.973. The van der Waals surface area contributed by atoms with Crippen molar-refractivity contribution in [2.45, 2.75) is 12.8 Å². The lowest BCUT2D eigenvalue weighted by Crippen LogP contribution is -2.34. The van der Waals surface area contributed by atoms with E-state index in [9.17, 15) is 4.79 Å². The van der Waals surface area contributed by atoms with Crippen molar-refractivity contribution in [3.63, 3.8) is 0 Å². The molecule has 0 bridgehead atoms. The van der Waals surface area contributed by atoms with E-state index in [0.717, 1.165) is 25.5 Å². The Hall–Kier alpha value is -1.62. The molecule has 0 spiro atoms. The maximum atomic E-state index is 12.5. The average molecular weight is 262 g/mol. The highest BCUT2D eigenvalue weighted by molar-refractivity contribution is 5.98. The van der Waals surface area contributed by atoms with Crippen molar-refractivity contribution in [3.05, 3.63) is 23.9 Å². The minimum atomic E-state index is 0.0465. The molecule has 5 nitrogen and oxygen atoms in total. The molecule has 1 aliphatic heterocycles. The van der Waals surface area contributed by atoms with Gasteiger partial charge >= 0.3 is 0 Å². The molecule has 0 aromatic carbocycles. The summed E-state index contributed by atoms with van der Waals surface area (Å²) in [5, 5.41) is 3.05. The van der Waals surface area contributed by atoms with Gasteiger partial charge in [-0.3, -0.25) is 4.79 Å². The molecule has 1 aliphatic rings. The van der Waals surface area contributed by atoms with E-state index in [0.29, 0.717) is 12.1 Å². The molecule has 1 saturated heterocycles. The minimum absolute atomic E-state index is 0.0465. The monoisotopic (exact) mass is 262 g/mol. The van der Waals surface area contributed by atoms with Gasteiger partial charge in [-0.05, 0) is 32.0 Å². The second-order valence-electron chi connectivity index (χ2n) is 4.90. The topological polar surface area (TPSA) is 48.5 Å². The number of nitrogens with zero attached hydrogens (tertiary/aromatic N) is 3. The minimum Gasteiger partial charge on any atom is -0.356 e. The van der Waals surface area contributed by atoms with Crippen LogP contribution in [0.25, 0.3) is 0 Å². The summed E-state index contributed by atoms with van der Waals surface area (Å²) in [7, 11) is 3.72. The normalized spacial score (nSPS) is 14.7. The number of anilines is 1. The van der Waals surface area contributed by atoms with Crippen molar-refractivity contribution in [3.8, 4) is 0 Å². The highest BCUT2D eigenvalue weighted by Crippen LogP contribution is 2.22. The number of likely N-dealkylation sites (N-methyl/N-ethyl adjacent to an activating group) is 2. The Morgan fingerprint density at radius 1 is 1.47 bits per heavy atom. The summed E-state index contributed by atoms with van der Waals surface area (Å²) in [5.74, 6) is 0.881. The van der Waals surface area contributed by atoms with Crippen molar-refractivity contribution in [1.82, 2.24) is 15.2 Å². The first-order valence-corrected chi connectivity index (χ1v) is 6.84. The van der Waals surface area contributed by atoms with E-state index >= 15 is 0 Å². The summed E-state index contributed by atoms with van der Waals surface area (Å²) in [5.41, 5.74) is 0.711. The van der Waals surface area contributed by atoms with Crippen LogP contribution in [-0.4, -0.2) is 56.1 Å². The maximum Gasteiger partial charge on any atom is 0.257 e. The Morgan fingerprint density at radius 2 is 2.21 bits per heavy atom. The summed E-state index contributed by atoms with van der Waals surface area (Å²) in [6, 6.07) is 3.71. The van der Waals surface area contributed by atoms with Crippen LogP contribution < -0.4 is 10.2 Å². The lowest BCUT2D eigenvalue weighted by molar-refractivity contribution is 0.0797. The zero-order valence-electron chi connectivity index (χ0n) is 11.7. The largest absolute Gasteiger partial charge is 0.356 e. The van der Waals surface area contributed by atoms with Crippen LogP contribution in [0.15, 0.2) is 18.3 Å². The number of carbonyl (C=O) groups is 1. The SMILES string of the molecule is CNCCN(C)C(=O)c1cccnc1N1CCCC1. The molecular formula is C14H22N4O. The van der Waals surface area contributed by atoms with Crippen LogP contribution in [0.2, 0.25) is 0 Å². The third-order valence-electron chi connectivity index (χ3n) is 3.47. The van der Waals surface area contributed by atoms with Crippen LogP contribution in [0, 0.1) is 0 Å². The maximum absolute atomic E-state index is 12.5. The van der Waals surface area contributed by atoms with Crippen LogP contribution in [0.4, 0.5) is 5.82 Å². The zero-order valence-corrected chi connectivity index (χ0v) is 11.7. The molecule has 1 fully saturated rings. The van der Waals surface area contributed by atoms with Gasteiger partial charge in [0.1, 0.15) is 5.82 Å². The van der Waals surface area contributed by atoms with Crippen molar-refractivity contribution in [2.24, 2.45) is 0 Å². The van der Waals surface area contributed by atoms with Crippen molar-refractivity contribution in [2.75, 3.05) is 45.2 Å². The van der Waals surface area contributed by atoms with Gasteiger partial charge < -0.3 is 15.1 Å². The molecule has 0 atom stereocenters. The molecule has 0 aliphatic carbocycles. The highest BCUT2D eigenvalue weighted by atomic mass is 16.2. The number of nitrogens with one attached hydrogen (secondary N) is 1. The van der Waals surface area contributed by atoms with Gasteiger partial charge in [0.2, 0.25) is 0 Å². The zero-order chi connectivity index (χ0) is 13.7. The Balaban J connectivity index is 2.16. The van der Waals surface area contributed by atoms with Crippen LogP contribution in [0.3, 0.4) is 0 Å². The standard InChI is InChI=1S/C14H22N4O/c1-15-8-11-17(2)14(19)12-6-5-7-16-13(12)18-9-3-4-10-18/h5-7,15H,3-4,8-11H2,1-2H3. The molecule has 0 unspecified atom stereocenters. The Morgan fingerprint density at radius 3 is 2.89 bits per heavy atom. The molecule has 1 aromatic heterocycles. The van der Waals surface area contributed by atoms with Gasteiger partial charge in [-0.2, -0.15) is 0 Å². The Bertz CT molecular complexity index is 429. The number of amides is 1. The molecule has 5 heteroatoms. The molecule has 0 saturated carbocycles. The summed E-state index contributed by atoms with van der Waals surface area (Å²) in [4.78, 5) is 20.8. The Labute approximate surface area is 114 Å². The van der Waals surface area contributed by atoms with Gasteiger partial charge in [-0.1, -0.05) is 0 Å². The van der Waals surface area contributed by atoms with Crippen LogP contribution in [0.5, 0.6) is 0 Å². The molecular weight excluding hydrogens is 240 g/mol. The van der Waals surface area contributed by atoms with Crippen LogP contribution >= 0.6 is 0 Å². The average Bonchev–Trinajstić information content (AvgIpc) is 2.98. The predicted molar refractivity (Wildman–Crippen MR) is 76.6 cm³/mol. The van der Waals surface area contributed by atoms with E-state index in [-0.39, 0.29) is 5.91 Å². The van der Waals surface area contributed by atoms with Gasteiger partial charge in [0, 0.05) is 39.4 Å². The lowest BCUT2D eigenvalue weighted by Gasteiger charge is -2.22. The van der Waals surface area contributed by atoms with E-state index in [4.69, 9.17) is 0 Å². The first kappa shape index (κ1) is 13.8. The van der Waals surface area contributed by atoms with Crippen molar-refractivity contribution < 1.29 is 4.79 Å². The smallest absolute Gasteiger partial charge is 0.257 e. The quantitative estimate of drug-likeness (QED) is 0.859. The Kier molecular flexibility index (Phi) is 4.74. The third kappa shape index (κ3) is 3.23. The van der Waals surface area contributed by atoms with Crippen molar-refractivity contribution in [1.29, 1.82) is 0 Å². The summed E-state index contributed by atoms with van der Waals surface area (Å²) >= 11 is 0. The van der Waals surface area contributed by atoms with Gasteiger partial charge in [-0.25, -0.2) is 4.98 Å². The summed E-state index contributed by atoms with van der Waals surface area (Å²) in [6.07, 6.45) is 4.12. The lowest BCUT2D eigenvalue weighted by atomic mass is 10.2. The summed E-state index contributed by atoms with van der Waals surface area (Å²) in [6.45, 7) is 3.49. The van der Waals surface area contributed by atoms with Crippen LogP contribution in [-0.2, 0) is 0 Å². The molecule has 2 heterocycles.